The van der Waals surface area contributed by atoms with Crippen molar-refractivity contribution < 1.29 is 0 Å². The van der Waals surface area contributed by atoms with Gasteiger partial charge in [0.2, 0.25) is 0 Å². The van der Waals surface area contributed by atoms with E-state index in [0.717, 1.165) is 10.3 Å². The Balaban J connectivity index is 2.79. The van der Waals surface area contributed by atoms with Gasteiger partial charge in [-0.2, -0.15) is 0 Å². The summed E-state index contributed by atoms with van der Waals surface area (Å²) in [5, 5.41) is 0. The Labute approximate surface area is 92.1 Å². The molecule has 0 aliphatic carbocycles. The average molecular weight is 253 g/mol. The molecule has 1 aromatic heterocycles. The SMILES string of the molecule is Cc1ccc2nc(Br)n(C(C)C)c2c1. The van der Waals surface area contributed by atoms with Crippen molar-refractivity contribution in [3.05, 3.63) is 28.5 Å². The molecule has 3 heteroatoms. The molecule has 0 saturated heterocycles. The minimum absolute atomic E-state index is 0.427. The number of aryl methyl sites for hydroxylation is 1. The number of aromatic nitrogens is 2. The van der Waals surface area contributed by atoms with Crippen molar-refractivity contribution in [1.29, 1.82) is 0 Å². The van der Waals surface area contributed by atoms with E-state index in [1.165, 1.54) is 11.1 Å². The molecule has 0 atom stereocenters. The topological polar surface area (TPSA) is 17.8 Å². The first-order valence-corrected chi connectivity index (χ1v) is 5.53. The molecule has 2 aromatic rings. The van der Waals surface area contributed by atoms with E-state index in [2.05, 4.69) is 64.5 Å². The highest BCUT2D eigenvalue weighted by Crippen LogP contribution is 2.25. The van der Waals surface area contributed by atoms with Crippen LogP contribution in [0.4, 0.5) is 0 Å². The number of nitrogens with zero attached hydrogens (tertiary/aromatic N) is 2. The van der Waals surface area contributed by atoms with E-state index < -0.39 is 0 Å². The van der Waals surface area contributed by atoms with E-state index in [4.69, 9.17) is 0 Å². The van der Waals surface area contributed by atoms with Gasteiger partial charge >= 0.3 is 0 Å². The van der Waals surface area contributed by atoms with Crippen LogP contribution in [0, 0.1) is 6.92 Å². The van der Waals surface area contributed by atoms with Gasteiger partial charge in [0.1, 0.15) is 0 Å². The first-order valence-electron chi connectivity index (χ1n) is 4.73. The van der Waals surface area contributed by atoms with E-state index in [0.29, 0.717) is 6.04 Å². The minimum atomic E-state index is 0.427. The van der Waals surface area contributed by atoms with Crippen molar-refractivity contribution in [2.24, 2.45) is 0 Å². The maximum Gasteiger partial charge on any atom is 0.178 e. The van der Waals surface area contributed by atoms with Crippen molar-refractivity contribution in [3.8, 4) is 0 Å². The molecule has 0 fully saturated rings. The largest absolute Gasteiger partial charge is 0.316 e. The molecule has 0 spiro atoms. The van der Waals surface area contributed by atoms with E-state index in [-0.39, 0.29) is 0 Å². The molecule has 0 amide bonds. The van der Waals surface area contributed by atoms with Crippen molar-refractivity contribution in [2.45, 2.75) is 26.8 Å². The maximum atomic E-state index is 4.46. The minimum Gasteiger partial charge on any atom is -0.316 e. The fourth-order valence-electron chi connectivity index (χ4n) is 1.66. The fraction of sp³-hybridized carbons (Fsp3) is 0.364. The molecule has 2 nitrogen and oxygen atoms in total. The van der Waals surface area contributed by atoms with Crippen LogP contribution < -0.4 is 0 Å². The zero-order valence-corrected chi connectivity index (χ0v) is 10.2. The number of halogens is 1. The standard InChI is InChI=1S/C11H13BrN2/c1-7(2)14-10-6-8(3)4-5-9(10)13-11(14)12/h4-7H,1-3H3. The highest BCUT2D eigenvalue weighted by Gasteiger charge is 2.10. The molecule has 0 aliphatic rings. The normalized spacial score (nSPS) is 11.5. The first kappa shape index (κ1) is 9.71. The Morgan fingerprint density at radius 1 is 1.36 bits per heavy atom. The summed E-state index contributed by atoms with van der Waals surface area (Å²) in [6, 6.07) is 6.75. The number of benzene rings is 1. The van der Waals surface area contributed by atoms with Crippen LogP contribution >= 0.6 is 15.9 Å². The number of hydrogen-bond donors (Lipinski definition) is 0. The molecule has 74 valence electrons. The highest BCUT2D eigenvalue weighted by atomic mass is 79.9. The van der Waals surface area contributed by atoms with Crippen LogP contribution in [0.1, 0.15) is 25.5 Å². The van der Waals surface area contributed by atoms with Crippen molar-refractivity contribution in [1.82, 2.24) is 9.55 Å². The quantitative estimate of drug-likeness (QED) is 0.757. The molecule has 0 bridgehead atoms. The summed E-state index contributed by atoms with van der Waals surface area (Å²) < 4.78 is 3.11. The first-order chi connectivity index (χ1) is 6.59. The van der Waals surface area contributed by atoms with Gasteiger partial charge in [-0.3, -0.25) is 0 Å². The van der Waals surface area contributed by atoms with Gasteiger partial charge in [-0.1, -0.05) is 6.07 Å². The molecule has 2 rings (SSSR count). The summed E-state index contributed by atoms with van der Waals surface area (Å²) in [5.74, 6) is 0. The molecule has 0 radical (unpaired) electrons. The summed E-state index contributed by atoms with van der Waals surface area (Å²) >= 11 is 3.49. The molecule has 0 saturated carbocycles. The molecule has 14 heavy (non-hydrogen) atoms. The van der Waals surface area contributed by atoms with Crippen LogP contribution in [-0.4, -0.2) is 9.55 Å². The molecular formula is C11H13BrN2. The van der Waals surface area contributed by atoms with Gasteiger partial charge in [0.25, 0.3) is 0 Å². The second-order valence-electron chi connectivity index (χ2n) is 3.84. The van der Waals surface area contributed by atoms with Crippen LogP contribution in [0.25, 0.3) is 11.0 Å². The Kier molecular flexibility index (Phi) is 2.35. The second kappa shape index (κ2) is 3.39. The van der Waals surface area contributed by atoms with Gasteiger partial charge in [0.05, 0.1) is 11.0 Å². The van der Waals surface area contributed by atoms with Gasteiger partial charge in [-0.25, -0.2) is 4.98 Å². The van der Waals surface area contributed by atoms with E-state index in [9.17, 15) is 0 Å². The van der Waals surface area contributed by atoms with Crippen LogP contribution in [0.3, 0.4) is 0 Å². The lowest BCUT2D eigenvalue weighted by atomic mass is 10.2. The molecular weight excluding hydrogens is 240 g/mol. The molecule has 1 heterocycles. The van der Waals surface area contributed by atoms with E-state index in [1.54, 1.807) is 0 Å². The second-order valence-corrected chi connectivity index (χ2v) is 4.55. The monoisotopic (exact) mass is 252 g/mol. The lowest BCUT2D eigenvalue weighted by molar-refractivity contribution is 0.604. The Hall–Kier alpha value is -0.830. The Morgan fingerprint density at radius 2 is 2.07 bits per heavy atom. The van der Waals surface area contributed by atoms with Crippen LogP contribution in [0.2, 0.25) is 0 Å². The summed E-state index contributed by atoms with van der Waals surface area (Å²) in [7, 11) is 0. The zero-order valence-electron chi connectivity index (χ0n) is 8.58. The molecule has 1 aromatic carbocycles. The fourth-order valence-corrected chi connectivity index (χ4v) is 2.46. The predicted molar refractivity (Wildman–Crippen MR) is 62.6 cm³/mol. The summed E-state index contributed by atoms with van der Waals surface area (Å²) in [6.45, 7) is 6.42. The van der Waals surface area contributed by atoms with Crippen molar-refractivity contribution in [3.63, 3.8) is 0 Å². The van der Waals surface area contributed by atoms with Crippen molar-refractivity contribution in [2.75, 3.05) is 0 Å². The van der Waals surface area contributed by atoms with E-state index >= 15 is 0 Å². The third-order valence-electron chi connectivity index (χ3n) is 2.32. The number of rotatable bonds is 1. The van der Waals surface area contributed by atoms with Gasteiger partial charge in [-0.15, -0.1) is 0 Å². The number of imidazole rings is 1. The molecule has 0 aliphatic heterocycles. The molecule has 0 N–H and O–H groups in total. The van der Waals surface area contributed by atoms with Gasteiger partial charge in [0.15, 0.2) is 4.73 Å². The maximum absolute atomic E-state index is 4.46. The van der Waals surface area contributed by atoms with E-state index in [1.807, 2.05) is 0 Å². The highest BCUT2D eigenvalue weighted by molar-refractivity contribution is 9.10. The average Bonchev–Trinajstić information content (AvgIpc) is 2.40. The smallest absolute Gasteiger partial charge is 0.178 e. The summed E-state index contributed by atoms with van der Waals surface area (Å²) in [4.78, 5) is 4.46. The van der Waals surface area contributed by atoms with Crippen LogP contribution in [0.5, 0.6) is 0 Å². The van der Waals surface area contributed by atoms with Gasteiger partial charge in [-0.05, 0) is 54.4 Å². The lowest BCUT2D eigenvalue weighted by Gasteiger charge is -2.09. The van der Waals surface area contributed by atoms with Crippen LogP contribution in [-0.2, 0) is 0 Å². The van der Waals surface area contributed by atoms with Gasteiger partial charge < -0.3 is 4.57 Å². The lowest BCUT2D eigenvalue weighted by Crippen LogP contribution is -2.00. The number of hydrogen-bond acceptors (Lipinski definition) is 1. The third kappa shape index (κ3) is 1.46. The summed E-state index contributed by atoms with van der Waals surface area (Å²) in [5.41, 5.74) is 3.52. The van der Waals surface area contributed by atoms with Crippen LogP contribution in [0.15, 0.2) is 22.9 Å². The number of fused-ring (bicyclic) bond motifs is 1. The van der Waals surface area contributed by atoms with Crippen molar-refractivity contribution >= 4 is 27.0 Å². The third-order valence-corrected chi connectivity index (χ3v) is 2.88. The predicted octanol–water partition coefficient (Wildman–Crippen LogP) is 3.69. The van der Waals surface area contributed by atoms with Gasteiger partial charge in [0, 0.05) is 6.04 Å². The zero-order chi connectivity index (χ0) is 10.3. The Morgan fingerprint density at radius 3 is 2.71 bits per heavy atom. The summed E-state index contributed by atoms with van der Waals surface area (Å²) in [6.07, 6.45) is 0. The molecule has 0 unspecified atom stereocenters. The Bertz CT molecular complexity index is 471.